The average Bonchev–Trinajstić information content (AvgIpc) is 2.15. The monoisotopic (exact) mass is 184 g/mol. The molecular weight excluding hydrogens is 160 g/mol. The average molecular weight is 184 g/mol. The van der Waals surface area contributed by atoms with Gasteiger partial charge in [-0.25, -0.2) is 0 Å². The number of rotatable bonds is 4. The molecule has 2 N–H and O–H groups in total. The molecule has 0 spiro atoms. The van der Waals surface area contributed by atoms with Crippen LogP contribution < -0.4 is 10.6 Å². The molecule has 1 aliphatic heterocycles. The first kappa shape index (κ1) is 11.0. The lowest BCUT2D eigenvalue weighted by Crippen LogP contribution is -2.45. The normalized spacial score (nSPS) is 29.5. The Bertz CT molecular complexity index is 134. The zero-order valence-corrected chi connectivity index (χ0v) is 9.27. The third kappa shape index (κ3) is 4.10. The van der Waals surface area contributed by atoms with E-state index in [1.54, 1.807) is 0 Å². The lowest BCUT2D eigenvalue weighted by Gasteiger charge is -2.30. The summed E-state index contributed by atoms with van der Waals surface area (Å²) in [4.78, 5) is 0. The molecule has 0 aromatic rings. The summed E-state index contributed by atoms with van der Waals surface area (Å²) in [5.74, 6) is 0.959. The van der Waals surface area contributed by atoms with Gasteiger partial charge in [-0.2, -0.15) is 0 Å². The summed E-state index contributed by atoms with van der Waals surface area (Å²) in [6, 6.07) is 1.32. The lowest BCUT2D eigenvalue weighted by molar-refractivity contribution is 0.284. The van der Waals surface area contributed by atoms with Gasteiger partial charge >= 0.3 is 0 Å². The molecule has 0 aliphatic carbocycles. The maximum atomic E-state index is 3.58. The molecule has 0 aromatic heterocycles. The molecule has 1 heterocycles. The van der Waals surface area contributed by atoms with Gasteiger partial charge in [-0.3, -0.25) is 0 Å². The summed E-state index contributed by atoms with van der Waals surface area (Å²) in [7, 11) is 0. The van der Waals surface area contributed by atoms with Crippen molar-refractivity contribution >= 4 is 0 Å². The first-order valence-corrected chi connectivity index (χ1v) is 5.69. The number of piperidine rings is 1. The maximum Gasteiger partial charge on any atom is 0.0195 e. The van der Waals surface area contributed by atoms with Crippen LogP contribution in [0.4, 0.5) is 0 Å². The standard InChI is InChI=1S/C11H24N2/c1-4-10-5-6-12-11(7-10)8-13-9(2)3/h9-13H,4-8H2,1-3H3. The third-order valence-corrected chi connectivity index (χ3v) is 2.95. The second-order valence-electron chi connectivity index (χ2n) is 4.51. The fraction of sp³-hybridized carbons (Fsp3) is 1.00. The van der Waals surface area contributed by atoms with E-state index in [2.05, 4.69) is 31.4 Å². The Morgan fingerprint density at radius 1 is 1.46 bits per heavy atom. The zero-order valence-electron chi connectivity index (χ0n) is 9.27. The Kier molecular flexibility index (Phi) is 4.74. The molecule has 1 aliphatic rings. The van der Waals surface area contributed by atoms with Crippen LogP contribution in [-0.2, 0) is 0 Å². The van der Waals surface area contributed by atoms with E-state index in [0.29, 0.717) is 12.1 Å². The Morgan fingerprint density at radius 2 is 2.23 bits per heavy atom. The molecule has 2 atom stereocenters. The highest BCUT2D eigenvalue weighted by molar-refractivity contribution is 4.79. The van der Waals surface area contributed by atoms with Gasteiger partial charge in [0.15, 0.2) is 0 Å². The highest BCUT2D eigenvalue weighted by atomic mass is 15.0. The summed E-state index contributed by atoms with van der Waals surface area (Å²) < 4.78 is 0. The minimum absolute atomic E-state index is 0.615. The molecule has 0 bridgehead atoms. The van der Waals surface area contributed by atoms with E-state index in [-0.39, 0.29) is 0 Å². The summed E-state index contributed by atoms with van der Waals surface area (Å²) in [5, 5.41) is 7.07. The summed E-state index contributed by atoms with van der Waals surface area (Å²) in [6.45, 7) is 9.07. The van der Waals surface area contributed by atoms with Gasteiger partial charge in [-0.15, -0.1) is 0 Å². The van der Waals surface area contributed by atoms with E-state index in [1.165, 1.54) is 25.8 Å². The Balaban J connectivity index is 2.18. The fourth-order valence-corrected chi connectivity index (χ4v) is 2.00. The van der Waals surface area contributed by atoms with Gasteiger partial charge < -0.3 is 10.6 Å². The van der Waals surface area contributed by atoms with E-state index in [4.69, 9.17) is 0 Å². The Hall–Kier alpha value is -0.0800. The van der Waals surface area contributed by atoms with Gasteiger partial charge in [-0.1, -0.05) is 27.2 Å². The van der Waals surface area contributed by atoms with Gasteiger partial charge in [0.2, 0.25) is 0 Å². The minimum Gasteiger partial charge on any atom is -0.313 e. The van der Waals surface area contributed by atoms with Crippen LogP contribution in [0.1, 0.15) is 40.0 Å². The van der Waals surface area contributed by atoms with Crippen molar-refractivity contribution in [2.45, 2.75) is 52.1 Å². The van der Waals surface area contributed by atoms with Crippen molar-refractivity contribution in [3.63, 3.8) is 0 Å². The Morgan fingerprint density at radius 3 is 2.85 bits per heavy atom. The molecule has 13 heavy (non-hydrogen) atoms. The molecule has 2 heteroatoms. The van der Waals surface area contributed by atoms with E-state index < -0.39 is 0 Å². The van der Waals surface area contributed by atoms with E-state index in [0.717, 1.165) is 12.5 Å². The molecule has 0 radical (unpaired) electrons. The van der Waals surface area contributed by atoms with Crippen molar-refractivity contribution in [2.24, 2.45) is 5.92 Å². The molecule has 1 fully saturated rings. The van der Waals surface area contributed by atoms with E-state index >= 15 is 0 Å². The molecule has 1 saturated heterocycles. The van der Waals surface area contributed by atoms with Crippen LogP contribution in [0.3, 0.4) is 0 Å². The van der Waals surface area contributed by atoms with Crippen molar-refractivity contribution in [2.75, 3.05) is 13.1 Å². The SMILES string of the molecule is CCC1CCNC(CNC(C)C)C1. The Labute approximate surface area is 82.5 Å². The first-order chi connectivity index (χ1) is 6.22. The van der Waals surface area contributed by atoms with Crippen LogP contribution in [0.2, 0.25) is 0 Å². The number of hydrogen-bond acceptors (Lipinski definition) is 2. The first-order valence-electron chi connectivity index (χ1n) is 5.69. The molecule has 0 saturated carbocycles. The summed E-state index contributed by atoms with van der Waals surface area (Å²) in [6.07, 6.45) is 4.07. The highest BCUT2D eigenvalue weighted by Gasteiger charge is 2.19. The molecule has 2 nitrogen and oxygen atoms in total. The number of hydrogen-bond donors (Lipinski definition) is 2. The topological polar surface area (TPSA) is 24.1 Å². The smallest absolute Gasteiger partial charge is 0.0195 e. The van der Waals surface area contributed by atoms with Gasteiger partial charge in [0.25, 0.3) is 0 Å². The van der Waals surface area contributed by atoms with Gasteiger partial charge in [-0.05, 0) is 25.3 Å². The molecule has 0 amide bonds. The van der Waals surface area contributed by atoms with Crippen molar-refractivity contribution < 1.29 is 0 Å². The van der Waals surface area contributed by atoms with Gasteiger partial charge in [0.1, 0.15) is 0 Å². The van der Waals surface area contributed by atoms with Crippen molar-refractivity contribution in [3.8, 4) is 0 Å². The maximum absolute atomic E-state index is 3.58. The van der Waals surface area contributed by atoms with Crippen LogP contribution in [-0.4, -0.2) is 25.2 Å². The fourth-order valence-electron chi connectivity index (χ4n) is 2.00. The van der Waals surface area contributed by atoms with Crippen molar-refractivity contribution in [3.05, 3.63) is 0 Å². The quantitative estimate of drug-likeness (QED) is 0.696. The predicted octanol–water partition coefficient (Wildman–Crippen LogP) is 1.76. The van der Waals surface area contributed by atoms with Crippen molar-refractivity contribution in [1.82, 2.24) is 10.6 Å². The van der Waals surface area contributed by atoms with Gasteiger partial charge in [0.05, 0.1) is 0 Å². The minimum atomic E-state index is 0.615. The van der Waals surface area contributed by atoms with Crippen LogP contribution in [0.15, 0.2) is 0 Å². The van der Waals surface area contributed by atoms with E-state index in [1.807, 2.05) is 0 Å². The largest absolute Gasteiger partial charge is 0.313 e. The second kappa shape index (κ2) is 5.61. The summed E-state index contributed by atoms with van der Waals surface area (Å²) >= 11 is 0. The molecular formula is C11H24N2. The molecule has 0 aromatic carbocycles. The van der Waals surface area contributed by atoms with Crippen LogP contribution in [0, 0.1) is 5.92 Å². The van der Waals surface area contributed by atoms with Crippen LogP contribution >= 0.6 is 0 Å². The summed E-state index contributed by atoms with van der Waals surface area (Å²) in [5.41, 5.74) is 0. The second-order valence-corrected chi connectivity index (χ2v) is 4.51. The number of nitrogens with one attached hydrogen (secondary N) is 2. The lowest BCUT2D eigenvalue weighted by atomic mass is 9.90. The third-order valence-electron chi connectivity index (χ3n) is 2.95. The molecule has 78 valence electrons. The zero-order chi connectivity index (χ0) is 9.68. The van der Waals surface area contributed by atoms with E-state index in [9.17, 15) is 0 Å². The van der Waals surface area contributed by atoms with Crippen LogP contribution in [0.25, 0.3) is 0 Å². The predicted molar refractivity (Wildman–Crippen MR) is 57.9 cm³/mol. The molecule has 1 rings (SSSR count). The highest BCUT2D eigenvalue weighted by Crippen LogP contribution is 2.18. The van der Waals surface area contributed by atoms with Gasteiger partial charge in [0, 0.05) is 18.6 Å². The van der Waals surface area contributed by atoms with Crippen LogP contribution in [0.5, 0.6) is 0 Å². The van der Waals surface area contributed by atoms with Crippen molar-refractivity contribution in [1.29, 1.82) is 0 Å². The molecule has 2 unspecified atom stereocenters.